The van der Waals surface area contributed by atoms with Crippen molar-refractivity contribution in [2.24, 2.45) is 0 Å². The summed E-state index contributed by atoms with van der Waals surface area (Å²) in [6.45, 7) is 0. The van der Waals surface area contributed by atoms with Crippen molar-refractivity contribution in [3.63, 3.8) is 0 Å². The molecular weight excluding hydrogens is 587 g/mol. The minimum absolute atomic E-state index is 0. The molecule has 3 aromatic heterocycles. The molecule has 0 saturated heterocycles. The first kappa shape index (κ1) is 24.8. The number of fused-ring (bicyclic) bond motifs is 20. The molecule has 0 spiro atoms. The summed E-state index contributed by atoms with van der Waals surface area (Å²) in [5.74, 6) is 2.24. The van der Waals surface area contributed by atoms with E-state index in [1.165, 1.54) is 0 Å². The summed E-state index contributed by atoms with van der Waals surface area (Å²) in [7, 11) is 0. The van der Waals surface area contributed by atoms with Crippen LogP contribution in [0.5, 0.6) is 0 Å². The number of nitrogens with zero attached hydrogens (tertiary/aromatic N) is 6. The Morgan fingerprint density at radius 2 is 0.786 bits per heavy atom. The van der Waals surface area contributed by atoms with Crippen LogP contribution in [-0.2, 0) is 17.1 Å². The largest absolute Gasteiger partial charge is 0.324 e. The van der Waals surface area contributed by atoms with Crippen LogP contribution in [-0.4, -0.2) is 39.9 Å². The van der Waals surface area contributed by atoms with Gasteiger partial charge in [0.1, 0.15) is 22.6 Å². The van der Waals surface area contributed by atoms with Crippen molar-refractivity contribution in [1.29, 1.82) is 0 Å². The second-order valence-electron chi connectivity index (χ2n) is 9.91. The molecule has 1 radical (unpaired) electrons. The Kier molecular flexibility index (Phi) is 5.49. The number of H-pyrrole nitrogens is 2. The molecule has 8 bridgehead atoms. The molecule has 2 aliphatic heterocycles. The Hall–Kier alpha value is -4.95. The molecule has 0 amide bonds. The van der Waals surface area contributed by atoms with Crippen molar-refractivity contribution in [3.05, 3.63) is 96.0 Å². The van der Waals surface area contributed by atoms with Gasteiger partial charge in [0, 0.05) is 60.9 Å². The van der Waals surface area contributed by atoms with Crippen molar-refractivity contribution in [2.75, 3.05) is 0 Å². The zero-order chi connectivity index (χ0) is 27.1. The van der Waals surface area contributed by atoms with Crippen LogP contribution in [0.25, 0.3) is 89.7 Å². The Morgan fingerprint density at radius 1 is 0.405 bits per heavy atom. The van der Waals surface area contributed by atoms with Gasteiger partial charge in [0.25, 0.3) is 0 Å². The van der Waals surface area contributed by atoms with Crippen LogP contribution in [0.1, 0.15) is 0 Å². The van der Waals surface area contributed by atoms with Crippen molar-refractivity contribution in [3.8, 4) is 45.6 Å². The molecule has 7 aromatic rings. The Balaban J connectivity index is 0.00000267. The molecule has 0 saturated carbocycles. The monoisotopic (exact) mass is 603 g/mol. The van der Waals surface area contributed by atoms with E-state index in [9.17, 15) is 0 Å². The van der Waals surface area contributed by atoms with Crippen LogP contribution in [0.3, 0.4) is 0 Å². The number of aromatic amines is 2. The van der Waals surface area contributed by atoms with E-state index in [4.69, 9.17) is 41.5 Å². The Morgan fingerprint density at radius 3 is 1.29 bits per heavy atom. The number of aromatic nitrogens is 8. The smallest absolute Gasteiger partial charge is 0.164 e. The molecule has 0 atom stereocenters. The minimum Gasteiger partial charge on any atom is -0.324 e. The normalized spacial score (nSPS) is 11.7. The number of hydrogen-bond acceptors (Lipinski definition) is 6. The van der Waals surface area contributed by atoms with Crippen molar-refractivity contribution in [1.82, 2.24) is 39.9 Å². The number of nitrogens with one attached hydrogen (secondary N) is 2. The maximum absolute atomic E-state index is 6.73. The molecule has 0 unspecified atom stereocenters. The molecule has 42 heavy (non-hydrogen) atoms. The maximum Gasteiger partial charge on any atom is 0.164 e. The average molecular weight is 604 g/mol. The minimum atomic E-state index is 0. The standard InChI is InChI=1S/C32H17ClN8.Mn/c33-23-15-7-14-22-24(23)32-40-30-21-13-6-5-12-20(21)28(38-30)36-26-17-9-2-1-8-16(17)25(34-26)35-27-18-10-3-4-11-19(18)29(37-27)39-31(22)41-32;/h1-15H,(H2,34,35,36,37,38,39,40,41);. The summed E-state index contributed by atoms with van der Waals surface area (Å²) in [6.07, 6.45) is 0. The second-order valence-corrected chi connectivity index (χ2v) is 10.3. The second kappa shape index (κ2) is 9.29. The van der Waals surface area contributed by atoms with E-state index in [1.54, 1.807) is 0 Å². The Bertz CT molecular complexity index is 2410. The van der Waals surface area contributed by atoms with E-state index >= 15 is 0 Å². The number of hydrogen-bond donors (Lipinski definition) is 2. The van der Waals surface area contributed by atoms with Gasteiger partial charge in [-0.2, -0.15) is 0 Å². The number of rotatable bonds is 0. The third-order valence-corrected chi connectivity index (χ3v) is 7.84. The van der Waals surface area contributed by atoms with Gasteiger partial charge in [0.2, 0.25) is 0 Å². The van der Waals surface area contributed by atoms with E-state index in [-0.39, 0.29) is 17.1 Å². The Labute approximate surface area is 253 Å². The van der Waals surface area contributed by atoms with Crippen LogP contribution < -0.4 is 0 Å². The van der Waals surface area contributed by atoms with Crippen LogP contribution >= 0.6 is 11.6 Å². The quantitative estimate of drug-likeness (QED) is 0.174. The third-order valence-electron chi connectivity index (χ3n) is 7.53. The fourth-order valence-electron chi connectivity index (χ4n) is 5.65. The predicted octanol–water partition coefficient (Wildman–Crippen LogP) is 7.52. The van der Waals surface area contributed by atoms with Gasteiger partial charge in [-0.3, -0.25) is 0 Å². The van der Waals surface area contributed by atoms with Crippen LogP contribution in [0.4, 0.5) is 0 Å². The van der Waals surface area contributed by atoms with E-state index in [0.29, 0.717) is 50.9 Å². The summed E-state index contributed by atoms with van der Waals surface area (Å²) in [4.78, 5) is 36.6. The average Bonchev–Trinajstić information content (AvgIpc) is 3.73. The fraction of sp³-hybridized carbons (Fsp3) is 0. The summed E-state index contributed by atoms with van der Waals surface area (Å²) < 4.78 is 0. The topological polar surface area (TPSA) is 109 Å². The van der Waals surface area contributed by atoms with Gasteiger partial charge < -0.3 is 9.97 Å². The van der Waals surface area contributed by atoms with E-state index in [2.05, 4.69) is 9.97 Å². The predicted molar refractivity (Wildman–Crippen MR) is 161 cm³/mol. The summed E-state index contributed by atoms with van der Waals surface area (Å²) in [6, 6.07) is 29.7. The van der Waals surface area contributed by atoms with Crippen molar-refractivity contribution >= 4 is 55.7 Å². The van der Waals surface area contributed by atoms with E-state index in [1.807, 2.05) is 91.0 Å². The molecule has 2 aliphatic rings. The zero-order valence-electron chi connectivity index (χ0n) is 21.6. The van der Waals surface area contributed by atoms with Gasteiger partial charge in [-0.05, 0) is 6.07 Å². The van der Waals surface area contributed by atoms with Gasteiger partial charge in [0.15, 0.2) is 23.3 Å². The van der Waals surface area contributed by atoms with Crippen molar-refractivity contribution < 1.29 is 17.1 Å². The third kappa shape index (κ3) is 3.61. The zero-order valence-corrected chi connectivity index (χ0v) is 23.5. The number of halogens is 1. The molecule has 0 aliphatic carbocycles. The van der Waals surface area contributed by atoms with Gasteiger partial charge in [-0.1, -0.05) is 96.5 Å². The molecule has 9 rings (SSSR count). The van der Waals surface area contributed by atoms with Gasteiger partial charge >= 0.3 is 0 Å². The molecule has 199 valence electrons. The van der Waals surface area contributed by atoms with Gasteiger partial charge in [-0.15, -0.1) is 0 Å². The first-order valence-corrected chi connectivity index (χ1v) is 13.5. The summed E-state index contributed by atoms with van der Waals surface area (Å²) >= 11 is 6.73. The van der Waals surface area contributed by atoms with Gasteiger partial charge in [-0.25, -0.2) is 29.9 Å². The SMILES string of the molecule is Clc1cccc2c3nc4nc(nc5[nH]c(nc6nc(nc([nH]3)c12)-c1ccccc1-6)c1ccccc51)-c1ccccc1-4.[Mn]. The van der Waals surface area contributed by atoms with Gasteiger partial charge in [0.05, 0.1) is 5.02 Å². The van der Waals surface area contributed by atoms with Crippen LogP contribution in [0.15, 0.2) is 91.0 Å². The molecule has 10 heteroatoms. The summed E-state index contributed by atoms with van der Waals surface area (Å²) in [5, 5.41) is 4.05. The van der Waals surface area contributed by atoms with Crippen LogP contribution in [0, 0.1) is 0 Å². The summed E-state index contributed by atoms with van der Waals surface area (Å²) in [5.41, 5.74) is 6.09. The molecule has 0 fully saturated rings. The maximum atomic E-state index is 6.73. The number of benzene rings is 4. The molecule has 2 N–H and O–H groups in total. The molecule has 8 nitrogen and oxygen atoms in total. The fourth-order valence-corrected chi connectivity index (χ4v) is 5.91. The molecular formula is C32H17ClMnN8. The molecule has 4 aromatic carbocycles. The van der Waals surface area contributed by atoms with E-state index < -0.39 is 0 Å². The first-order valence-electron chi connectivity index (χ1n) is 13.1. The van der Waals surface area contributed by atoms with Crippen LogP contribution in [0.2, 0.25) is 5.02 Å². The van der Waals surface area contributed by atoms with E-state index in [0.717, 1.165) is 43.8 Å². The molecule has 5 heterocycles. The van der Waals surface area contributed by atoms with Crippen molar-refractivity contribution in [2.45, 2.75) is 0 Å². The first-order chi connectivity index (χ1) is 20.2.